The van der Waals surface area contributed by atoms with Crippen molar-refractivity contribution in [2.24, 2.45) is 5.92 Å². The second-order valence-electron chi connectivity index (χ2n) is 7.20. The monoisotopic (exact) mass is 347 g/mol. The Morgan fingerprint density at radius 1 is 1.23 bits per heavy atom. The van der Waals surface area contributed by atoms with E-state index in [0.29, 0.717) is 30.8 Å². The van der Waals surface area contributed by atoms with E-state index in [1.807, 2.05) is 41.4 Å². The van der Waals surface area contributed by atoms with Crippen LogP contribution in [0.15, 0.2) is 41.3 Å². The quantitative estimate of drug-likeness (QED) is 0.856. The fourth-order valence-electron chi connectivity index (χ4n) is 4.17. The Morgan fingerprint density at radius 3 is 2.81 bits per heavy atom. The van der Waals surface area contributed by atoms with Crippen LogP contribution in [0.4, 0.5) is 0 Å². The lowest BCUT2D eigenvalue weighted by atomic mass is 10.1. The Balaban J connectivity index is 1.51. The van der Waals surface area contributed by atoms with Gasteiger partial charge in [0, 0.05) is 31.4 Å². The lowest BCUT2D eigenvalue weighted by Gasteiger charge is -2.18. The van der Waals surface area contributed by atoms with E-state index in [2.05, 4.69) is 6.07 Å². The van der Waals surface area contributed by atoms with Crippen LogP contribution < -0.4 is 5.56 Å². The van der Waals surface area contributed by atoms with Gasteiger partial charge in [0.25, 0.3) is 11.5 Å². The number of pyridine rings is 1. The minimum absolute atomic E-state index is 0.0483. The number of aromatic nitrogens is 1. The molecule has 0 unspecified atom stereocenters. The molecule has 2 aliphatic rings. The molecule has 1 aromatic heterocycles. The summed E-state index contributed by atoms with van der Waals surface area (Å²) in [7, 11) is 0. The summed E-state index contributed by atoms with van der Waals surface area (Å²) in [6, 6.07) is 11.4. The summed E-state index contributed by atoms with van der Waals surface area (Å²) in [5.41, 5.74) is 2.92. The van der Waals surface area contributed by atoms with E-state index in [1.165, 1.54) is 0 Å². The molecule has 1 fully saturated rings. The number of fused-ring (bicyclic) bond motifs is 1. The van der Waals surface area contributed by atoms with Crippen LogP contribution in [0.1, 0.15) is 39.9 Å². The second kappa shape index (κ2) is 6.80. The van der Waals surface area contributed by atoms with Gasteiger partial charge in [0.2, 0.25) is 0 Å². The van der Waals surface area contributed by atoms with E-state index in [4.69, 9.17) is 0 Å². The fourth-order valence-corrected chi connectivity index (χ4v) is 4.17. The highest BCUT2D eigenvalue weighted by Crippen LogP contribution is 2.24. The highest BCUT2D eigenvalue weighted by Gasteiger charge is 2.28. The molecule has 0 radical (unpaired) electrons. The lowest BCUT2D eigenvalue weighted by molar-refractivity contribution is 0.0786. The third-order valence-corrected chi connectivity index (χ3v) is 5.51. The molecule has 26 heavy (non-hydrogen) atoms. The summed E-state index contributed by atoms with van der Waals surface area (Å²) in [5, 5.41) is 9.39. The zero-order chi connectivity index (χ0) is 18.1. The summed E-state index contributed by atoms with van der Waals surface area (Å²) in [4.78, 5) is 27.1. The van der Waals surface area contributed by atoms with E-state index in [0.717, 1.165) is 36.8 Å². The van der Waals surface area contributed by atoms with Crippen LogP contribution in [0.25, 0.3) is 0 Å². The molecule has 5 heteroatoms. The van der Waals surface area contributed by atoms with E-state index >= 15 is 0 Å². The number of amides is 1. The number of likely N-dealkylation sites (tertiary alicyclic amines) is 1. The highest BCUT2D eigenvalue weighted by molar-refractivity contribution is 5.94. The van der Waals surface area contributed by atoms with Crippen LogP contribution in [0, 0.1) is 17.2 Å². The fraction of sp³-hybridized carbons (Fsp3) is 0.381. The third-order valence-electron chi connectivity index (χ3n) is 5.51. The van der Waals surface area contributed by atoms with Crippen molar-refractivity contribution >= 4 is 5.91 Å². The van der Waals surface area contributed by atoms with Gasteiger partial charge in [-0.3, -0.25) is 9.59 Å². The second-order valence-corrected chi connectivity index (χ2v) is 7.20. The molecule has 1 atom stereocenters. The van der Waals surface area contributed by atoms with Gasteiger partial charge in [-0.15, -0.1) is 0 Å². The van der Waals surface area contributed by atoms with Crippen LogP contribution in [-0.2, 0) is 19.4 Å². The third kappa shape index (κ3) is 2.92. The molecule has 1 aromatic carbocycles. The number of hydrogen-bond donors (Lipinski definition) is 0. The van der Waals surface area contributed by atoms with Crippen molar-refractivity contribution in [2.75, 3.05) is 13.1 Å². The predicted octanol–water partition coefficient (Wildman–Crippen LogP) is 2.37. The van der Waals surface area contributed by atoms with Crippen LogP contribution in [0.2, 0.25) is 0 Å². The largest absolute Gasteiger partial charge is 0.338 e. The van der Waals surface area contributed by atoms with Crippen molar-refractivity contribution in [1.82, 2.24) is 9.47 Å². The molecule has 132 valence electrons. The average Bonchev–Trinajstić information content (AvgIpc) is 3.32. The van der Waals surface area contributed by atoms with Crippen LogP contribution in [-0.4, -0.2) is 28.5 Å². The van der Waals surface area contributed by atoms with Crippen molar-refractivity contribution in [3.05, 3.63) is 69.1 Å². The minimum atomic E-state index is -0.180. The molecule has 1 aliphatic heterocycles. The molecule has 2 heterocycles. The molecule has 1 aliphatic carbocycles. The van der Waals surface area contributed by atoms with E-state index < -0.39 is 0 Å². The van der Waals surface area contributed by atoms with Crippen molar-refractivity contribution in [2.45, 2.75) is 32.2 Å². The number of carbonyl (C=O) groups excluding carboxylic acids is 1. The molecule has 4 rings (SSSR count). The Labute approximate surface area is 152 Å². The lowest BCUT2D eigenvalue weighted by Crippen LogP contribution is -2.31. The average molecular weight is 347 g/mol. The van der Waals surface area contributed by atoms with Gasteiger partial charge in [-0.05, 0) is 54.9 Å². The molecule has 1 amide bonds. The maximum atomic E-state index is 12.6. The first-order valence-corrected chi connectivity index (χ1v) is 9.17. The zero-order valence-corrected chi connectivity index (χ0v) is 14.6. The number of benzene rings is 1. The molecule has 5 nitrogen and oxygen atoms in total. The maximum absolute atomic E-state index is 12.6. The predicted molar refractivity (Wildman–Crippen MR) is 97.9 cm³/mol. The summed E-state index contributed by atoms with van der Waals surface area (Å²) in [5.74, 6) is 0.290. The number of aryl methyl sites for hydroxylation is 1. The Bertz CT molecular complexity index is 940. The topological polar surface area (TPSA) is 66.1 Å². The Kier molecular flexibility index (Phi) is 4.34. The number of rotatable bonds is 3. The smallest absolute Gasteiger partial charge is 0.268 e. The molecular formula is C21H21N3O2. The summed E-state index contributed by atoms with van der Waals surface area (Å²) in [6.45, 7) is 1.93. The van der Waals surface area contributed by atoms with Gasteiger partial charge in [0.1, 0.15) is 11.6 Å². The van der Waals surface area contributed by atoms with Crippen molar-refractivity contribution in [3.8, 4) is 6.07 Å². The van der Waals surface area contributed by atoms with Crippen LogP contribution in [0.3, 0.4) is 0 Å². The number of nitriles is 1. The first-order valence-electron chi connectivity index (χ1n) is 9.17. The van der Waals surface area contributed by atoms with E-state index in [1.54, 1.807) is 4.57 Å². The van der Waals surface area contributed by atoms with E-state index in [9.17, 15) is 14.9 Å². The van der Waals surface area contributed by atoms with Crippen molar-refractivity contribution < 1.29 is 4.79 Å². The molecule has 2 aromatic rings. The van der Waals surface area contributed by atoms with Crippen LogP contribution >= 0.6 is 0 Å². The highest BCUT2D eigenvalue weighted by atomic mass is 16.2. The summed E-state index contributed by atoms with van der Waals surface area (Å²) >= 11 is 0. The molecule has 0 spiro atoms. The van der Waals surface area contributed by atoms with Gasteiger partial charge >= 0.3 is 0 Å². The zero-order valence-electron chi connectivity index (χ0n) is 14.6. The molecule has 0 saturated carbocycles. The van der Waals surface area contributed by atoms with Crippen LogP contribution in [0.5, 0.6) is 0 Å². The number of nitrogens with zero attached hydrogens (tertiary/aromatic N) is 3. The van der Waals surface area contributed by atoms with Crippen molar-refractivity contribution in [3.63, 3.8) is 0 Å². The molecular weight excluding hydrogens is 326 g/mol. The number of carbonyl (C=O) groups is 1. The molecule has 1 saturated heterocycles. The standard InChI is InChI=1S/C21H21N3O2/c22-11-19-18-8-4-7-17(18)14-24(21(19)26)13-15-9-10-23(12-15)20(25)16-5-2-1-3-6-16/h1-3,5-6,14-15H,4,7-10,12-13H2/t15-/m0/s1. The Morgan fingerprint density at radius 2 is 2.04 bits per heavy atom. The van der Waals surface area contributed by atoms with E-state index in [-0.39, 0.29) is 17.4 Å². The van der Waals surface area contributed by atoms with Gasteiger partial charge in [-0.1, -0.05) is 18.2 Å². The minimum Gasteiger partial charge on any atom is -0.338 e. The van der Waals surface area contributed by atoms with Crippen molar-refractivity contribution in [1.29, 1.82) is 5.26 Å². The Hall–Kier alpha value is -2.87. The first-order chi connectivity index (χ1) is 12.7. The van der Waals surface area contributed by atoms with Gasteiger partial charge in [-0.2, -0.15) is 5.26 Å². The summed E-state index contributed by atoms with van der Waals surface area (Å²) in [6.07, 6.45) is 5.60. The molecule has 0 bridgehead atoms. The van der Waals surface area contributed by atoms with Gasteiger partial charge in [0.05, 0.1) is 0 Å². The normalized spacial score (nSPS) is 18.6. The summed E-state index contributed by atoms with van der Waals surface area (Å²) < 4.78 is 1.70. The maximum Gasteiger partial charge on any atom is 0.268 e. The number of hydrogen-bond acceptors (Lipinski definition) is 3. The molecule has 0 N–H and O–H groups in total. The first kappa shape index (κ1) is 16.6. The van der Waals surface area contributed by atoms with Gasteiger partial charge < -0.3 is 9.47 Å². The van der Waals surface area contributed by atoms with Gasteiger partial charge in [0.15, 0.2) is 0 Å². The van der Waals surface area contributed by atoms with Gasteiger partial charge in [-0.25, -0.2) is 0 Å². The SMILES string of the molecule is N#Cc1c2c(cn(C[C@H]3CCN(C(=O)c4ccccc4)C3)c1=O)CCC2.